The highest BCUT2D eigenvalue weighted by molar-refractivity contribution is 7.52. The summed E-state index contributed by atoms with van der Waals surface area (Å²) < 4.78 is 69.8. The minimum Gasteiger partial charge on any atom is -0.480 e. The van der Waals surface area contributed by atoms with Crippen molar-refractivity contribution in [2.24, 2.45) is 0 Å². The fourth-order valence-electron chi connectivity index (χ4n) is 4.86. The van der Waals surface area contributed by atoms with Crippen LogP contribution in [0, 0.1) is 5.41 Å². The van der Waals surface area contributed by atoms with Crippen LogP contribution in [0.15, 0.2) is 79.1 Å². The molecule has 2 unspecified atom stereocenters. The number of aliphatic hydroxyl groups excluding tert-OH is 2. The Kier molecular flexibility index (Phi) is 11.2. The number of aliphatic carboxylic acids is 1. The van der Waals surface area contributed by atoms with E-state index in [-0.39, 0.29) is 29.1 Å². The number of aromatic nitrogens is 3. The monoisotopic (exact) mass is 725 g/mol. The van der Waals surface area contributed by atoms with E-state index in [1.165, 1.54) is 35.7 Å². The first-order valence-electron chi connectivity index (χ1n) is 14.6. The lowest BCUT2D eigenvalue weighted by Gasteiger charge is -2.31. The fraction of sp³-hybridized carbons (Fsp3) is 0.345. The van der Waals surface area contributed by atoms with Crippen LogP contribution >= 0.6 is 15.6 Å². The highest BCUT2D eigenvalue weighted by atomic mass is 31.2. The Hall–Kier alpha value is -3.80. The number of aliphatic hydroxyl groups is 2. The van der Waals surface area contributed by atoms with Crippen molar-refractivity contribution in [1.82, 2.24) is 19.3 Å². The van der Waals surface area contributed by atoms with Gasteiger partial charge in [-0.3, -0.25) is 28.3 Å². The summed E-state index contributed by atoms with van der Waals surface area (Å²) in [6.45, 7) is -1.99. The number of alkyl halides is 1. The minimum absolute atomic E-state index is 0.0390. The molecule has 0 spiro atoms. The number of nitrogens with zero attached hydrogens (tertiary/aromatic N) is 3. The van der Waals surface area contributed by atoms with Crippen molar-refractivity contribution in [1.29, 1.82) is 5.41 Å². The maximum absolute atomic E-state index is 14.7. The van der Waals surface area contributed by atoms with Crippen molar-refractivity contribution >= 4 is 27.1 Å². The normalized spacial score (nSPS) is 23.9. The van der Waals surface area contributed by atoms with E-state index in [1.54, 1.807) is 48.5 Å². The van der Waals surface area contributed by atoms with Gasteiger partial charge in [-0.1, -0.05) is 48.5 Å². The maximum Gasteiger partial charge on any atom is 0.474 e. The number of rotatable bonds is 16. The van der Waals surface area contributed by atoms with Crippen LogP contribution in [0.5, 0.6) is 5.75 Å². The summed E-state index contributed by atoms with van der Waals surface area (Å²) in [6, 6.07) is 17.7. The van der Waals surface area contributed by atoms with Gasteiger partial charge in [0.1, 0.15) is 61.0 Å². The lowest BCUT2D eigenvalue weighted by Crippen LogP contribution is -2.49. The lowest BCUT2D eigenvalue weighted by atomic mass is 9.96. The Morgan fingerprint density at radius 2 is 1.76 bits per heavy atom. The van der Waals surface area contributed by atoms with Gasteiger partial charge in [-0.2, -0.15) is 10.2 Å². The van der Waals surface area contributed by atoms with E-state index in [9.17, 15) is 38.5 Å². The molecule has 0 bridgehead atoms. The summed E-state index contributed by atoms with van der Waals surface area (Å²) in [6.07, 6.45) is -4.06. The number of ether oxygens (including phenoxy) is 1. The molecule has 264 valence electrons. The summed E-state index contributed by atoms with van der Waals surface area (Å²) in [5.74, 6) is -1.35. The highest BCUT2D eigenvalue weighted by Gasteiger charge is 2.57. The topological polar surface area (TPSA) is 236 Å². The van der Waals surface area contributed by atoms with Gasteiger partial charge in [0.25, 0.3) is 0 Å². The number of carboxylic acid groups (broad SMARTS) is 1. The number of carboxylic acids is 1. The van der Waals surface area contributed by atoms with Crippen LogP contribution in [0.25, 0.3) is 5.52 Å². The number of hydrogen-bond acceptors (Lipinski definition) is 12. The van der Waals surface area contributed by atoms with Crippen LogP contribution in [0.3, 0.4) is 0 Å². The molecule has 1 aliphatic rings. The van der Waals surface area contributed by atoms with Gasteiger partial charge in [-0.15, -0.1) is 0 Å². The SMILES string of the molecule is C[C@H](NP(=O)(OC[C@@]1(CF)O[C@@H](c2ccc3c(=N)n(COP(=O)(O)OCc4ccccc4)cnn23)[C@H](O)[C@@H]1O)Oc1ccccc1)C(=O)O. The molecule has 0 aliphatic carbocycles. The third kappa shape index (κ3) is 8.33. The molecule has 1 aliphatic heterocycles. The molecule has 1 fully saturated rings. The summed E-state index contributed by atoms with van der Waals surface area (Å²) in [5.41, 5.74) is -1.70. The van der Waals surface area contributed by atoms with Gasteiger partial charge < -0.3 is 29.5 Å². The summed E-state index contributed by atoms with van der Waals surface area (Å²) in [7, 11) is -9.08. The molecule has 2 aromatic carbocycles. The van der Waals surface area contributed by atoms with E-state index in [4.69, 9.17) is 28.2 Å². The molecule has 1 saturated heterocycles. The highest BCUT2D eigenvalue weighted by Crippen LogP contribution is 2.49. The Balaban J connectivity index is 1.32. The molecule has 2 aromatic heterocycles. The van der Waals surface area contributed by atoms with Gasteiger partial charge in [-0.05, 0) is 36.8 Å². The zero-order valence-corrected chi connectivity index (χ0v) is 27.6. The largest absolute Gasteiger partial charge is 0.480 e. The minimum atomic E-state index is -4.55. The molecule has 0 amide bonds. The van der Waals surface area contributed by atoms with Crippen LogP contribution in [-0.4, -0.2) is 77.5 Å². The zero-order chi connectivity index (χ0) is 35.4. The molecule has 3 heterocycles. The third-order valence-electron chi connectivity index (χ3n) is 7.54. The van der Waals surface area contributed by atoms with Crippen molar-refractivity contribution in [2.75, 3.05) is 13.3 Å². The van der Waals surface area contributed by atoms with Crippen LogP contribution in [0.2, 0.25) is 0 Å². The number of phosphoric acid groups is 1. The predicted octanol–water partition coefficient (Wildman–Crippen LogP) is 2.67. The molecule has 5 rings (SSSR count). The molecule has 0 radical (unpaired) electrons. The van der Waals surface area contributed by atoms with E-state index in [2.05, 4.69) is 10.2 Å². The number of hydrogen-bond donors (Lipinski definition) is 6. The Bertz CT molecular complexity index is 1920. The molecule has 20 heteroatoms. The van der Waals surface area contributed by atoms with Crippen molar-refractivity contribution in [3.8, 4) is 5.75 Å². The first kappa shape index (κ1) is 36.5. The second-order valence-electron chi connectivity index (χ2n) is 11.0. The molecule has 4 aromatic rings. The molecular formula is C29H34FN5O12P2. The average Bonchev–Trinajstić information content (AvgIpc) is 3.62. The summed E-state index contributed by atoms with van der Waals surface area (Å²) >= 11 is 0. The fourth-order valence-corrected chi connectivity index (χ4v) is 7.07. The molecule has 6 N–H and O–H groups in total. The van der Waals surface area contributed by atoms with Crippen molar-refractivity contribution in [3.63, 3.8) is 0 Å². The number of para-hydroxylation sites is 1. The van der Waals surface area contributed by atoms with E-state index in [0.717, 1.165) is 10.9 Å². The Morgan fingerprint density at radius 3 is 2.41 bits per heavy atom. The van der Waals surface area contributed by atoms with Crippen LogP contribution in [0.4, 0.5) is 4.39 Å². The molecule has 49 heavy (non-hydrogen) atoms. The Labute approximate surface area is 278 Å². The number of halogens is 1. The van der Waals surface area contributed by atoms with Gasteiger partial charge >= 0.3 is 21.5 Å². The molecule has 7 atom stereocenters. The lowest BCUT2D eigenvalue weighted by molar-refractivity contribution is -0.138. The predicted molar refractivity (Wildman–Crippen MR) is 167 cm³/mol. The van der Waals surface area contributed by atoms with Crippen LogP contribution in [-0.2, 0) is 45.6 Å². The van der Waals surface area contributed by atoms with Gasteiger partial charge in [-0.25, -0.2) is 18.0 Å². The number of nitrogens with one attached hydrogen (secondary N) is 2. The second-order valence-corrected chi connectivity index (χ2v) is 14.2. The molecule has 0 saturated carbocycles. The maximum atomic E-state index is 14.7. The number of benzene rings is 2. The zero-order valence-electron chi connectivity index (χ0n) is 25.8. The van der Waals surface area contributed by atoms with Gasteiger partial charge in [0.15, 0.2) is 5.49 Å². The Morgan fingerprint density at radius 1 is 1.08 bits per heavy atom. The molecular weight excluding hydrogens is 691 g/mol. The second kappa shape index (κ2) is 15.0. The number of carbonyl (C=O) groups is 1. The van der Waals surface area contributed by atoms with Crippen LogP contribution in [0.1, 0.15) is 24.3 Å². The van der Waals surface area contributed by atoms with Gasteiger partial charge in [0.05, 0.1) is 18.9 Å². The van der Waals surface area contributed by atoms with E-state index < -0.39 is 71.5 Å². The standard InChI is InChI=1S/C29H34FN5O12P2/c1-19(28(38)39)33-48(40,47-21-10-6-3-7-11-21)44-16-29(15-30)26(37)24(36)25(46-29)22-12-13-23-27(31)34(17-32-35(22)23)18-45-49(41,42)43-14-20-8-4-2-5-9-20/h2-13,17,19,24-26,31,36-37H,14-16,18H2,1H3,(H,33,40)(H,38,39)(H,41,42)/t19-,24-,25-,26-,29+,48?/m0/s1. The van der Waals surface area contributed by atoms with Crippen molar-refractivity contribution < 1.29 is 61.4 Å². The van der Waals surface area contributed by atoms with Gasteiger partial charge in [0, 0.05) is 0 Å². The van der Waals surface area contributed by atoms with Crippen molar-refractivity contribution in [2.45, 2.75) is 50.2 Å². The summed E-state index contributed by atoms with van der Waals surface area (Å²) in [4.78, 5) is 21.6. The van der Waals surface area contributed by atoms with E-state index >= 15 is 0 Å². The third-order valence-corrected chi connectivity index (χ3v) is 10.1. The van der Waals surface area contributed by atoms with E-state index in [0.29, 0.717) is 5.56 Å². The van der Waals surface area contributed by atoms with E-state index in [1.807, 2.05) is 0 Å². The van der Waals surface area contributed by atoms with Gasteiger partial charge in [0.2, 0.25) is 0 Å². The first-order valence-corrected chi connectivity index (χ1v) is 17.7. The van der Waals surface area contributed by atoms with Crippen molar-refractivity contribution in [3.05, 3.63) is 95.9 Å². The first-order chi connectivity index (χ1) is 23.3. The van der Waals surface area contributed by atoms with Crippen LogP contribution < -0.4 is 15.1 Å². The number of fused-ring (bicyclic) bond motifs is 1. The quantitative estimate of drug-likeness (QED) is 0.0912. The smallest absolute Gasteiger partial charge is 0.474 e. The molecule has 17 nitrogen and oxygen atoms in total. The average molecular weight is 726 g/mol. The number of phosphoric ester groups is 1. The summed E-state index contributed by atoms with van der Waals surface area (Å²) in [5, 5.41) is 46.3.